The van der Waals surface area contributed by atoms with E-state index >= 15 is 0 Å². The summed E-state index contributed by atoms with van der Waals surface area (Å²) in [5.41, 5.74) is 1.81. The van der Waals surface area contributed by atoms with Crippen LogP contribution >= 0.6 is 22.6 Å². The number of nitrogens with zero attached hydrogens (tertiary/aromatic N) is 1. The second kappa shape index (κ2) is 8.21. The number of carbonyl (C=O) groups excluding carboxylic acids is 1. The number of hydrogen-bond acceptors (Lipinski definition) is 3. The van der Waals surface area contributed by atoms with Crippen LogP contribution in [0.1, 0.15) is 18.9 Å². The number of carbonyl (C=O) groups is 2. The minimum absolute atomic E-state index is 0.0453. The molecule has 0 fully saturated rings. The maximum absolute atomic E-state index is 12.0. The Morgan fingerprint density at radius 2 is 2.10 bits per heavy atom. The third-order valence-electron chi connectivity index (χ3n) is 2.92. The normalized spacial score (nSPS) is 10.6. The second-order valence-corrected chi connectivity index (χ2v) is 5.77. The van der Waals surface area contributed by atoms with Crippen LogP contribution < -0.4 is 5.32 Å². The first-order chi connectivity index (χ1) is 9.42. The molecule has 20 heavy (non-hydrogen) atoms. The summed E-state index contributed by atoms with van der Waals surface area (Å²) in [6.45, 7) is 5.08. The predicted octanol–water partition coefficient (Wildman–Crippen LogP) is 2.33. The van der Waals surface area contributed by atoms with Crippen LogP contribution in [0.25, 0.3) is 0 Å². The number of benzene rings is 1. The number of amides is 1. The molecule has 0 atom stereocenters. The SMILES string of the molecule is CCN(CCC(=O)O)CC(=O)Nc1ccc(I)cc1C. The van der Waals surface area contributed by atoms with E-state index in [0.717, 1.165) is 14.8 Å². The number of carboxylic acids is 1. The molecule has 2 N–H and O–H groups in total. The molecule has 0 unspecified atom stereocenters. The lowest BCUT2D eigenvalue weighted by Gasteiger charge is -2.19. The highest BCUT2D eigenvalue weighted by Crippen LogP contribution is 2.17. The summed E-state index contributed by atoms with van der Waals surface area (Å²) in [5, 5.41) is 11.5. The highest BCUT2D eigenvalue weighted by Gasteiger charge is 2.11. The minimum Gasteiger partial charge on any atom is -0.481 e. The maximum Gasteiger partial charge on any atom is 0.304 e. The van der Waals surface area contributed by atoms with Crippen molar-refractivity contribution < 1.29 is 14.7 Å². The Bertz CT molecular complexity index is 491. The zero-order valence-corrected chi connectivity index (χ0v) is 13.8. The van der Waals surface area contributed by atoms with Gasteiger partial charge < -0.3 is 10.4 Å². The molecule has 1 aromatic rings. The van der Waals surface area contributed by atoms with Crippen LogP contribution in [0.4, 0.5) is 5.69 Å². The van der Waals surface area contributed by atoms with Gasteiger partial charge in [0.15, 0.2) is 0 Å². The van der Waals surface area contributed by atoms with E-state index in [9.17, 15) is 9.59 Å². The fourth-order valence-corrected chi connectivity index (χ4v) is 2.41. The molecule has 6 heteroatoms. The Morgan fingerprint density at radius 1 is 1.40 bits per heavy atom. The van der Waals surface area contributed by atoms with Crippen LogP contribution in [0.3, 0.4) is 0 Å². The fraction of sp³-hybridized carbons (Fsp3) is 0.429. The van der Waals surface area contributed by atoms with Gasteiger partial charge in [-0.15, -0.1) is 0 Å². The Hall–Kier alpha value is -1.15. The Labute approximate surface area is 132 Å². The van der Waals surface area contributed by atoms with Crippen molar-refractivity contribution in [3.63, 3.8) is 0 Å². The summed E-state index contributed by atoms with van der Waals surface area (Å²) in [4.78, 5) is 24.3. The molecule has 0 aliphatic carbocycles. The standard InChI is InChI=1S/C14H19IN2O3/c1-3-17(7-6-14(19)20)9-13(18)16-12-5-4-11(15)8-10(12)2/h4-5,8H,3,6-7,9H2,1-2H3,(H,16,18)(H,19,20). The van der Waals surface area contributed by atoms with Crippen LogP contribution in [0, 0.1) is 10.5 Å². The van der Waals surface area contributed by atoms with E-state index in [-0.39, 0.29) is 18.9 Å². The summed E-state index contributed by atoms with van der Waals surface area (Å²) in [5.74, 6) is -0.973. The number of aryl methyl sites for hydroxylation is 1. The molecule has 1 rings (SSSR count). The average Bonchev–Trinajstić information content (AvgIpc) is 2.37. The van der Waals surface area contributed by atoms with E-state index in [2.05, 4.69) is 27.9 Å². The molecule has 0 bridgehead atoms. The summed E-state index contributed by atoms with van der Waals surface area (Å²) >= 11 is 2.22. The number of anilines is 1. The minimum atomic E-state index is -0.850. The zero-order valence-electron chi connectivity index (χ0n) is 11.6. The van der Waals surface area contributed by atoms with Gasteiger partial charge in [-0.1, -0.05) is 6.92 Å². The van der Waals surface area contributed by atoms with Crippen molar-refractivity contribution in [2.75, 3.05) is 25.0 Å². The van der Waals surface area contributed by atoms with Crippen molar-refractivity contribution in [1.82, 2.24) is 4.90 Å². The summed E-state index contributed by atoms with van der Waals surface area (Å²) < 4.78 is 1.12. The molecule has 0 saturated carbocycles. The van der Waals surface area contributed by atoms with Crippen molar-refractivity contribution in [2.45, 2.75) is 20.3 Å². The molecular formula is C14H19IN2O3. The van der Waals surface area contributed by atoms with Crippen molar-refractivity contribution in [3.8, 4) is 0 Å². The lowest BCUT2D eigenvalue weighted by atomic mass is 10.2. The lowest BCUT2D eigenvalue weighted by Crippen LogP contribution is -2.34. The van der Waals surface area contributed by atoms with Crippen molar-refractivity contribution >= 4 is 40.2 Å². The number of hydrogen-bond donors (Lipinski definition) is 2. The quantitative estimate of drug-likeness (QED) is 0.702. The first kappa shape index (κ1) is 16.9. The molecule has 110 valence electrons. The smallest absolute Gasteiger partial charge is 0.304 e. The third kappa shape index (κ3) is 5.87. The number of carboxylic acid groups (broad SMARTS) is 1. The van der Waals surface area contributed by atoms with Gasteiger partial charge in [0.25, 0.3) is 0 Å². The molecule has 0 aliphatic rings. The topological polar surface area (TPSA) is 69.6 Å². The number of nitrogens with one attached hydrogen (secondary N) is 1. The predicted molar refractivity (Wildman–Crippen MR) is 86.9 cm³/mol. The highest BCUT2D eigenvalue weighted by molar-refractivity contribution is 14.1. The van der Waals surface area contributed by atoms with Crippen molar-refractivity contribution in [2.24, 2.45) is 0 Å². The average molecular weight is 390 g/mol. The van der Waals surface area contributed by atoms with E-state index in [0.29, 0.717) is 13.1 Å². The number of halogens is 1. The molecule has 0 heterocycles. The maximum atomic E-state index is 12.0. The number of aliphatic carboxylic acids is 1. The van der Waals surface area contributed by atoms with E-state index in [1.165, 1.54) is 0 Å². The summed E-state index contributed by atoms with van der Waals surface area (Å²) in [7, 11) is 0. The van der Waals surface area contributed by atoms with E-state index in [4.69, 9.17) is 5.11 Å². The molecular weight excluding hydrogens is 371 g/mol. The summed E-state index contributed by atoms with van der Waals surface area (Å²) in [6, 6.07) is 5.81. The first-order valence-corrected chi connectivity index (χ1v) is 7.50. The van der Waals surface area contributed by atoms with Gasteiger partial charge in [0.2, 0.25) is 5.91 Å². The highest BCUT2D eigenvalue weighted by atomic mass is 127. The molecule has 0 saturated heterocycles. The molecule has 0 aromatic heterocycles. The monoisotopic (exact) mass is 390 g/mol. The van der Waals surface area contributed by atoms with Crippen molar-refractivity contribution in [1.29, 1.82) is 0 Å². The Balaban J connectivity index is 2.55. The number of likely N-dealkylation sites (N-methyl/N-ethyl adjacent to an activating group) is 1. The van der Waals surface area contributed by atoms with Gasteiger partial charge >= 0.3 is 5.97 Å². The van der Waals surface area contributed by atoms with Gasteiger partial charge in [-0.3, -0.25) is 14.5 Å². The van der Waals surface area contributed by atoms with E-state index < -0.39 is 5.97 Å². The second-order valence-electron chi connectivity index (χ2n) is 4.52. The van der Waals surface area contributed by atoms with Gasteiger partial charge in [-0.25, -0.2) is 0 Å². The van der Waals surface area contributed by atoms with E-state index in [1.54, 1.807) is 0 Å². The van der Waals surface area contributed by atoms with Crippen molar-refractivity contribution in [3.05, 3.63) is 27.3 Å². The third-order valence-corrected chi connectivity index (χ3v) is 3.59. The molecule has 5 nitrogen and oxygen atoms in total. The van der Waals surface area contributed by atoms with Gasteiger partial charge in [-0.2, -0.15) is 0 Å². The lowest BCUT2D eigenvalue weighted by molar-refractivity contribution is -0.137. The van der Waals surface area contributed by atoms with Crippen LogP contribution in [-0.4, -0.2) is 41.5 Å². The van der Waals surface area contributed by atoms with Crippen LogP contribution in [0.5, 0.6) is 0 Å². The summed E-state index contributed by atoms with van der Waals surface area (Å²) in [6.07, 6.45) is 0.0453. The van der Waals surface area contributed by atoms with Gasteiger partial charge in [0, 0.05) is 15.8 Å². The molecule has 0 aliphatic heterocycles. The van der Waals surface area contributed by atoms with Crippen LogP contribution in [0.15, 0.2) is 18.2 Å². The van der Waals surface area contributed by atoms with E-state index in [1.807, 2.05) is 36.9 Å². The molecule has 1 aromatic carbocycles. The fourth-order valence-electron chi connectivity index (χ4n) is 1.76. The Kier molecular flexibility index (Phi) is 6.94. The molecule has 1 amide bonds. The molecule has 0 spiro atoms. The first-order valence-electron chi connectivity index (χ1n) is 6.42. The Morgan fingerprint density at radius 3 is 2.65 bits per heavy atom. The van der Waals surface area contributed by atoms with Gasteiger partial charge in [0.05, 0.1) is 13.0 Å². The molecule has 0 radical (unpaired) electrons. The van der Waals surface area contributed by atoms with Gasteiger partial charge in [0.1, 0.15) is 0 Å². The zero-order chi connectivity index (χ0) is 15.1. The van der Waals surface area contributed by atoms with Crippen LogP contribution in [-0.2, 0) is 9.59 Å². The van der Waals surface area contributed by atoms with Gasteiger partial charge in [-0.05, 0) is 59.8 Å². The largest absolute Gasteiger partial charge is 0.481 e. The number of rotatable bonds is 7. The van der Waals surface area contributed by atoms with Crippen LogP contribution in [0.2, 0.25) is 0 Å².